The van der Waals surface area contributed by atoms with Gasteiger partial charge in [-0.1, -0.05) is 6.92 Å². The number of amides is 2. The lowest BCUT2D eigenvalue weighted by molar-refractivity contribution is -0.0173. The van der Waals surface area contributed by atoms with Gasteiger partial charge in [0.1, 0.15) is 11.6 Å². The van der Waals surface area contributed by atoms with Crippen molar-refractivity contribution in [1.29, 1.82) is 0 Å². The molecule has 1 atom stereocenters. The van der Waals surface area contributed by atoms with Gasteiger partial charge in [-0.3, -0.25) is 0 Å². The summed E-state index contributed by atoms with van der Waals surface area (Å²) in [7, 11) is 0. The molecule has 2 aliphatic rings. The molecule has 0 unspecified atom stereocenters. The van der Waals surface area contributed by atoms with Gasteiger partial charge in [0.05, 0.1) is 6.61 Å². The minimum absolute atomic E-state index is 0.107. The Kier molecular flexibility index (Phi) is 5.27. The van der Waals surface area contributed by atoms with Crippen molar-refractivity contribution in [2.24, 2.45) is 5.92 Å². The number of fused-ring (bicyclic) bond motifs is 1. The number of nitrogens with one attached hydrogen (secondary N) is 1. The maximum atomic E-state index is 13.7. The maximum absolute atomic E-state index is 13.7. The summed E-state index contributed by atoms with van der Waals surface area (Å²) in [5, 5.41) is 2.88. The minimum atomic E-state index is -0.345. The molecule has 3 rings (SSSR count). The van der Waals surface area contributed by atoms with E-state index in [1.165, 1.54) is 12.1 Å². The van der Waals surface area contributed by atoms with E-state index in [9.17, 15) is 9.18 Å². The average Bonchev–Trinajstić information content (AvgIpc) is 2.76. The molecule has 1 fully saturated rings. The van der Waals surface area contributed by atoms with E-state index in [2.05, 4.69) is 12.2 Å². The molecular formula is C16H21FN2O3S. The fourth-order valence-electron chi connectivity index (χ4n) is 2.83. The molecule has 23 heavy (non-hydrogen) atoms. The number of nitrogens with zero attached hydrogens (tertiary/aromatic N) is 1. The summed E-state index contributed by atoms with van der Waals surface area (Å²) < 4.78 is 24.3. The Morgan fingerprint density at radius 2 is 2.39 bits per heavy atom. The molecule has 1 N–H and O–H groups in total. The van der Waals surface area contributed by atoms with Crippen molar-refractivity contribution in [3.8, 4) is 5.75 Å². The number of ether oxygens (including phenoxy) is 2. The third-order valence-corrected chi connectivity index (χ3v) is 5.18. The highest BCUT2D eigenvalue weighted by atomic mass is 32.2. The van der Waals surface area contributed by atoms with Crippen molar-refractivity contribution >= 4 is 17.8 Å². The number of halogens is 1. The molecule has 0 radical (unpaired) electrons. The molecule has 1 saturated heterocycles. The summed E-state index contributed by atoms with van der Waals surface area (Å²) in [6.45, 7) is 4.37. The molecule has 2 aliphatic heterocycles. The second kappa shape index (κ2) is 7.40. The molecule has 2 heterocycles. The van der Waals surface area contributed by atoms with Crippen LogP contribution in [0.25, 0.3) is 0 Å². The van der Waals surface area contributed by atoms with E-state index in [0.717, 1.165) is 24.6 Å². The third kappa shape index (κ3) is 4.09. The normalized spacial score (nSPS) is 21.1. The van der Waals surface area contributed by atoms with Crippen LogP contribution < -0.4 is 10.1 Å². The standard InChI is InChI=1S/C16H21FN2O3S/c1-11-7-19(2-3-23-9-11)16(20)18-6-12-4-14(17)5-13-8-21-10-22-15(12)13/h4-5,11H,2-3,6-10H2,1H3,(H,18,20)/t11-/m1/s1. The van der Waals surface area contributed by atoms with Gasteiger partial charge in [0.2, 0.25) is 0 Å². The summed E-state index contributed by atoms with van der Waals surface area (Å²) in [6, 6.07) is 2.71. The van der Waals surface area contributed by atoms with Crippen LogP contribution in [-0.4, -0.2) is 42.3 Å². The van der Waals surface area contributed by atoms with Gasteiger partial charge in [0, 0.05) is 36.5 Å². The van der Waals surface area contributed by atoms with E-state index in [1.807, 2.05) is 16.7 Å². The van der Waals surface area contributed by atoms with Crippen molar-refractivity contribution in [2.45, 2.75) is 20.1 Å². The molecule has 5 nitrogen and oxygen atoms in total. The third-order valence-electron chi connectivity index (χ3n) is 3.91. The van der Waals surface area contributed by atoms with Crippen molar-refractivity contribution in [3.63, 3.8) is 0 Å². The first-order valence-corrected chi connectivity index (χ1v) is 8.91. The molecule has 0 saturated carbocycles. The fourth-order valence-corrected chi connectivity index (χ4v) is 3.86. The van der Waals surface area contributed by atoms with E-state index < -0.39 is 0 Å². The number of urea groups is 1. The number of hydrogen-bond acceptors (Lipinski definition) is 4. The molecule has 0 aromatic heterocycles. The highest BCUT2D eigenvalue weighted by molar-refractivity contribution is 7.99. The highest BCUT2D eigenvalue weighted by Crippen LogP contribution is 2.29. The van der Waals surface area contributed by atoms with Crippen LogP contribution in [0.5, 0.6) is 5.75 Å². The summed E-state index contributed by atoms with van der Waals surface area (Å²) in [6.07, 6.45) is 0. The predicted molar refractivity (Wildman–Crippen MR) is 87.0 cm³/mol. The van der Waals surface area contributed by atoms with Crippen LogP contribution in [0.1, 0.15) is 18.1 Å². The lowest BCUT2D eigenvalue weighted by atomic mass is 10.1. The lowest BCUT2D eigenvalue weighted by Gasteiger charge is -2.24. The Hall–Kier alpha value is -1.47. The van der Waals surface area contributed by atoms with Crippen LogP contribution in [-0.2, 0) is 17.9 Å². The Morgan fingerprint density at radius 3 is 3.26 bits per heavy atom. The van der Waals surface area contributed by atoms with E-state index in [0.29, 0.717) is 29.4 Å². The maximum Gasteiger partial charge on any atom is 0.317 e. The first-order chi connectivity index (χ1) is 11.1. The molecule has 0 spiro atoms. The topological polar surface area (TPSA) is 50.8 Å². The SMILES string of the molecule is C[C@H]1CSCCN(C(=O)NCc2cc(F)cc3c2OCOC3)C1. The van der Waals surface area contributed by atoms with Crippen molar-refractivity contribution < 1.29 is 18.7 Å². The van der Waals surface area contributed by atoms with Gasteiger partial charge in [-0.15, -0.1) is 0 Å². The zero-order chi connectivity index (χ0) is 16.2. The summed E-state index contributed by atoms with van der Waals surface area (Å²) in [4.78, 5) is 14.2. The summed E-state index contributed by atoms with van der Waals surface area (Å²) >= 11 is 1.87. The largest absolute Gasteiger partial charge is 0.467 e. The quantitative estimate of drug-likeness (QED) is 0.899. The van der Waals surface area contributed by atoms with Crippen molar-refractivity contribution in [3.05, 3.63) is 29.1 Å². The van der Waals surface area contributed by atoms with Crippen LogP contribution in [0.3, 0.4) is 0 Å². The molecule has 1 aromatic rings. The highest BCUT2D eigenvalue weighted by Gasteiger charge is 2.21. The Morgan fingerprint density at radius 1 is 1.52 bits per heavy atom. The van der Waals surface area contributed by atoms with Crippen LogP contribution in [0, 0.1) is 11.7 Å². The van der Waals surface area contributed by atoms with Crippen LogP contribution in [0.2, 0.25) is 0 Å². The van der Waals surface area contributed by atoms with Gasteiger partial charge in [0.15, 0.2) is 6.79 Å². The van der Waals surface area contributed by atoms with Gasteiger partial charge in [-0.05, 0) is 23.8 Å². The fraction of sp³-hybridized carbons (Fsp3) is 0.562. The number of carbonyl (C=O) groups is 1. The van der Waals surface area contributed by atoms with Gasteiger partial charge >= 0.3 is 6.03 Å². The van der Waals surface area contributed by atoms with Crippen molar-refractivity contribution in [1.82, 2.24) is 10.2 Å². The van der Waals surface area contributed by atoms with E-state index in [-0.39, 0.29) is 25.2 Å². The monoisotopic (exact) mass is 340 g/mol. The van der Waals surface area contributed by atoms with Crippen LogP contribution in [0.15, 0.2) is 12.1 Å². The molecule has 0 aliphatic carbocycles. The van der Waals surface area contributed by atoms with Crippen molar-refractivity contribution in [2.75, 3.05) is 31.4 Å². The molecule has 1 aromatic carbocycles. The van der Waals surface area contributed by atoms with Gasteiger partial charge in [0.25, 0.3) is 0 Å². The van der Waals surface area contributed by atoms with Crippen LogP contribution >= 0.6 is 11.8 Å². The number of carbonyl (C=O) groups excluding carboxylic acids is 1. The average molecular weight is 340 g/mol. The Labute approximate surface area is 139 Å². The zero-order valence-electron chi connectivity index (χ0n) is 13.1. The zero-order valence-corrected chi connectivity index (χ0v) is 14.0. The molecule has 126 valence electrons. The number of hydrogen-bond donors (Lipinski definition) is 1. The summed E-state index contributed by atoms with van der Waals surface area (Å²) in [5.41, 5.74) is 1.33. The van der Waals surface area contributed by atoms with Gasteiger partial charge in [-0.2, -0.15) is 11.8 Å². The lowest BCUT2D eigenvalue weighted by Crippen LogP contribution is -2.42. The molecule has 2 amide bonds. The number of rotatable bonds is 2. The van der Waals surface area contributed by atoms with Gasteiger partial charge in [-0.25, -0.2) is 9.18 Å². The smallest absolute Gasteiger partial charge is 0.317 e. The number of thioether (sulfide) groups is 1. The Bertz CT molecular complexity index is 585. The first-order valence-electron chi connectivity index (χ1n) is 7.76. The van der Waals surface area contributed by atoms with E-state index in [4.69, 9.17) is 9.47 Å². The van der Waals surface area contributed by atoms with Crippen LogP contribution in [0.4, 0.5) is 9.18 Å². The second-order valence-corrected chi connectivity index (χ2v) is 7.10. The number of benzene rings is 1. The predicted octanol–water partition coefficient (Wildman–Crippen LogP) is 2.59. The molecule has 7 heteroatoms. The van der Waals surface area contributed by atoms with E-state index in [1.54, 1.807) is 0 Å². The second-order valence-electron chi connectivity index (χ2n) is 5.95. The molecule has 0 bridgehead atoms. The minimum Gasteiger partial charge on any atom is -0.467 e. The summed E-state index contributed by atoms with van der Waals surface area (Å²) in [5.74, 6) is 2.79. The molecular weight excluding hydrogens is 319 g/mol. The Balaban J connectivity index is 1.66. The van der Waals surface area contributed by atoms with Gasteiger partial charge < -0.3 is 19.7 Å². The first kappa shape index (κ1) is 16.4. The van der Waals surface area contributed by atoms with E-state index >= 15 is 0 Å².